The smallest absolute Gasteiger partial charge is 0.306 e. The lowest BCUT2D eigenvalue weighted by Crippen LogP contribution is -2.41. The Morgan fingerprint density at radius 2 is 1.82 bits per heavy atom. The summed E-state index contributed by atoms with van der Waals surface area (Å²) in [5.74, 6) is -1.62. The molecule has 0 aliphatic heterocycles. The molecule has 0 radical (unpaired) electrons. The lowest BCUT2D eigenvalue weighted by molar-refractivity contribution is -0.143. The Kier molecular flexibility index (Phi) is 5.11. The van der Waals surface area contributed by atoms with E-state index in [0.29, 0.717) is 25.7 Å². The van der Waals surface area contributed by atoms with Gasteiger partial charge in [-0.05, 0) is 43.9 Å². The second-order valence-corrected chi connectivity index (χ2v) is 8.27. The van der Waals surface area contributed by atoms with Gasteiger partial charge < -0.3 is 9.84 Å². The number of hydrogen-bond acceptors (Lipinski definition) is 5. The van der Waals surface area contributed by atoms with Crippen LogP contribution in [0.25, 0.3) is 0 Å². The number of methoxy groups -OCH3 is 1. The molecule has 2 saturated carbocycles. The first-order chi connectivity index (χ1) is 10.3. The van der Waals surface area contributed by atoms with E-state index >= 15 is 0 Å². The van der Waals surface area contributed by atoms with Crippen molar-refractivity contribution in [2.24, 2.45) is 11.3 Å². The molecule has 0 atom stereocenters. The third-order valence-corrected chi connectivity index (χ3v) is 6.31. The topological polar surface area (TPSA) is 110 Å². The number of ether oxygens (including phenoxy) is 1. The van der Waals surface area contributed by atoms with Crippen LogP contribution < -0.4 is 4.72 Å². The predicted molar refractivity (Wildman–Crippen MR) is 78.6 cm³/mol. The van der Waals surface area contributed by atoms with Gasteiger partial charge in [-0.15, -0.1) is 0 Å². The van der Waals surface area contributed by atoms with Crippen LogP contribution in [0.4, 0.5) is 0 Å². The molecule has 0 unspecified atom stereocenters. The van der Waals surface area contributed by atoms with Crippen molar-refractivity contribution >= 4 is 22.0 Å². The molecule has 2 rings (SSSR count). The molecule has 2 aliphatic carbocycles. The number of sulfonamides is 1. The molecule has 0 saturated heterocycles. The maximum Gasteiger partial charge on any atom is 0.306 e. The van der Waals surface area contributed by atoms with Crippen LogP contribution in [0.5, 0.6) is 0 Å². The molecule has 2 N–H and O–H groups in total. The normalized spacial score (nSPS) is 27.1. The molecule has 0 aromatic heterocycles. The number of nitrogens with one attached hydrogen (secondary N) is 1. The standard InChI is InChI=1S/C14H23NO6S/c1-21-12(16)8-14(6-7-14)9-22(19,20)15-11-4-2-10(3-5-11)13(17)18/h10-11,15H,2-9H2,1H3,(H,17,18). The van der Waals surface area contributed by atoms with E-state index in [1.165, 1.54) is 7.11 Å². The first-order valence-electron chi connectivity index (χ1n) is 7.55. The SMILES string of the molecule is COC(=O)CC1(CS(=O)(=O)NC2CCC(C(=O)O)CC2)CC1. The summed E-state index contributed by atoms with van der Waals surface area (Å²) in [6.45, 7) is 0. The Bertz CT molecular complexity index is 532. The van der Waals surface area contributed by atoms with Crippen LogP contribution in [0.15, 0.2) is 0 Å². The van der Waals surface area contributed by atoms with Crippen LogP contribution in [0.1, 0.15) is 44.9 Å². The molecular weight excluding hydrogens is 310 g/mol. The Morgan fingerprint density at radius 1 is 1.23 bits per heavy atom. The molecule has 8 heteroatoms. The summed E-state index contributed by atoms with van der Waals surface area (Å²) >= 11 is 0. The van der Waals surface area contributed by atoms with Crippen molar-refractivity contribution in [3.05, 3.63) is 0 Å². The van der Waals surface area contributed by atoms with Gasteiger partial charge >= 0.3 is 11.9 Å². The Hall–Kier alpha value is -1.15. The van der Waals surface area contributed by atoms with Crippen LogP contribution >= 0.6 is 0 Å². The van der Waals surface area contributed by atoms with E-state index in [2.05, 4.69) is 9.46 Å². The van der Waals surface area contributed by atoms with E-state index in [1.807, 2.05) is 0 Å². The zero-order chi connectivity index (χ0) is 16.4. The average molecular weight is 333 g/mol. The van der Waals surface area contributed by atoms with E-state index in [1.54, 1.807) is 0 Å². The zero-order valence-corrected chi connectivity index (χ0v) is 13.5. The quantitative estimate of drug-likeness (QED) is 0.670. The third kappa shape index (κ3) is 4.67. The summed E-state index contributed by atoms with van der Waals surface area (Å²) in [6, 6.07) is -0.200. The molecule has 2 aliphatic rings. The summed E-state index contributed by atoms with van der Waals surface area (Å²) in [5.41, 5.74) is -0.475. The third-order valence-electron chi connectivity index (χ3n) is 4.62. The minimum atomic E-state index is -3.47. The fraction of sp³-hybridized carbons (Fsp3) is 0.857. The van der Waals surface area contributed by atoms with Gasteiger partial charge in [0.25, 0.3) is 0 Å². The van der Waals surface area contributed by atoms with Gasteiger partial charge in [0.2, 0.25) is 10.0 Å². The number of carboxylic acid groups (broad SMARTS) is 1. The van der Waals surface area contributed by atoms with E-state index in [0.717, 1.165) is 12.8 Å². The molecule has 0 spiro atoms. The maximum absolute atomic E-state index is 12.3. The molecule has 0 amide bonds. The Labute approximate surface area is 130 Å². The highest BCUT2D eigenvalue weighted by atomic mass is 32.2. The molecule has 0 heterocycles. The molecule has 7 nitrogen and oxygen atoms in total. The van der Waals surface area contributed by atoms with Crippen LogP contribution in [-0.4, -0.2) is 44.4 Å². The van der Waals surface area contributed by atoms with Gasteiger partial charge in [0.15, 0.2) is 0 Å². The monoisotopic (exact) mass is 333 g/mol. The first kappa shape index (κ1) is 17.2. The van der Waals surface area contributed by atoms with Crippen LogP contribution in [0, 0.1) is 11.3 Å². The van der Waals surface area contributed by atoms with E-state index in [9.17, 15) is 18.0 Å². The van der Waals surface area contributed by atoms with Crippen molar-refractivity contribution in [1.29, 1.82) is 0 Å². The maximum atomic E-state index is 12.3. The van der Waals surface area contributed by atoms with E-state index in [4.69, 9.17) is 5.11 Å². The number of esters is 1. The largest absolute Gasteiger partial charge is 0.481 e. The van der Waals surface area contributed by atoms with Crippen LogP contribution in [-0.2, 0) is 24.3 Å². The molecule has 22 heavy (non-hydrogen) atoms. The minimum Gasteiger partial charge on any atom is -0.481 e. The average Bonchev–Trinajstić information content (AvgIpc) is 3.16. The van der Waals surface area contributed by atoms with Crippen LogP contribution in [0.2, 0.25) is 0 Å². The second-order valence-electron chi connectivity index (χ2n) is 6.52. The van der Waals surface area contributed by atoms with Gasteiger partial charge in [0.05, 0.1) is 25.2 Å². The molecule has 0 aromatic carbocycles. The Morgan fingerprint density at radius 3 is 2.27 bits per heavy atom. The fourth-order valence-corrected chi connectivity index (χ4v) is 5.11. The van der Waals surface area contributed by atoms with Gasteiger partial charge in [0, 0.05) is 6.04 Å². The van der Waals surface area contributed by atoms with Gasteiger partial charge in [0.1, 0.15) is 0 Å². The van der Waals surface area contributed by atoms with Crippen molar-refractivity contribution in [2.45, 2.75) is 51.0 Å². The highest BCUT2D eigenvalue weighted by Gasteiger charge is 2.48. The molecule has 126 valence electrons. The van der Waals surface area contributed by atoms with E-state index < -0.39 is 21.4 Å². The van der Waals surface area contributed by atoms with Crippen LogP contribution in [0.3, 0.4) is 0 Å². The number of aliphatic carboxylic acids is 1. The molecule has 2 fully saturated rings. The fourth-order valence-electron chi connectivity index (χ4n) is 3.08. The molecule has 0 aromatic rings. The van der Waals surface area contributed by atoms with Crippen molar-refractivity contribution in [3.8, 4) is 0 Å². The summed E-state index contributed by atoms with van der Waals surface area (Å²) in [6.07, 6.45) is 3.64. The summed E-state index contributed by atoms with van der Waals surface area (Å²) in [5, 5.41) is 8.94. The molecule has 0 bridgehead atoms. The van der Waals surface area contributed by atoms with Gasteiger partial charge in [-0.3, -0.25) is 9.59 Å². The lowest BCUT2D eigenvalue weighted by atomic mass is 9.87. The van der Waals surface area contributed by atoms with E-state index in [-0.39, 0.29) is 30.1 Å². The van der Waals surface area contributed by atoms with Crippen molar-refractivity contribution < 1.29 is 27.9 Å². The number of carbonyl (C=O) groups is 2. The van der Waals surface area contributed by atoms with Gasteiger partial charge in [-0.25, -0.2) is 13.1 Å². The zero-order valence-electron chi connectivity index (χ0n) is 12.7. The lowest BCUT2D eigenvalue weighted by Gasteiger charge is -2.27. The van der Waals surface area contributed by atoms with Gasteiger partial charge in [-0.2, -0.15) is 0 Å². The summed E-state index contributed by atoms with van der Waals surface area (Å²) < 4.78 is 31.8. The number of carbonyl (C=O) groups excluding carboxylic acids is 1. The van der Waals surface area contributed by atoms with Crippen molar-refractivity contribution in [1.82, 2.24) is 4.72 Å². The molecular formula is C14H23NO6S. The minimum absolute atomic E-state index is 0.0615. The second kappa shape index (κ2) is 6.54. The summed E-state index contributed by atoms with van der Waals surface area (Å²) in [4.78, 5) is 22.2. The Balaban J connectivity index is 1.85. The number of carboxylic acids is 1. The predicted octanol–water partition coefficient (Wildman–Crippen LogP) is 0.892. The van der Waals surface area contributed by atoms with Gasteiger partial charge in [-0.1, -0.05) is 0 Å². The number of rotatable bonds is 7. The summed E-state index contributed by atoms with van der Waals surface area (Å²) in [7, 11) is -2.18. The number of hydrogen-bond donors (Lipinski definition) is 2. The highest BCUT2D eigenvalue weighted by molar-refractivity contribution is 7.89. The first-order valence-corrected chi connectivity index (χ1v) is 9.20. The van der Waals surface area contributed by atoms with Crippen molar-refractivity contribution in [2.75, 3.05) is 12.9 Å². The highest BCUT2D eigenvalue weighted by Crippen LogP contribution is 2.50. The van der Waals surface area contributed by atoms with Crippen molar-refractivity contribution in [3.63, 3.8) is 0 Å².